The van der Waals surface area contributed by atoms with Crippen molar-refractivity contribution in [2.24, 2.45) is 0 Å². The topological polar surface area (TPSA) is 69.6 Å². The predicted molar refractivity (Wildman–Crippen MR) is 64.9 cm³/mol. The van der Waals surface area contributed by atoms with Crippen molar-refractivity contribution in [1.82, 2.24) is 19.7 Å². The van der Waals surface area contributed by atoms with E-state index in [0.29, 0.717) is 5.82 Å². The van der Waals surface area contributed by atoms with Gasteiger partial charge in [-0.2, -0.15) is 5.10 Å². The Morgan fingerprint density at radius 1 is 1.44 bits per heavy atom. The minimum Gasteiger partial charge on any atom is -0.383 e. The maximum absolute atomic E-state index is 5.95. The Hall–Kier alpha value is -1.43. The van der Waals surface area contributed by atoms with Crippen LogP contribution in [0.1, 0.15) is 24.4 Å². The first kappa shape index (κ1) is 11.1. The van der Waals surface area contributed by atoms with Crippen LogP contribution in [0.25, 0.3) is 0 Å². The number of rotatable bonds is 2. The molecule has 0 aliphatic rings. The van der Waals surface area contributed by atoms with Crippen LogP contribution in [0, 0.1) is 6.92 Å². The first-order valence-corrected chi connectivity index (χ1v) is 5.66. The van der Waals surface area contributed by atoms with E-state index in [1.807, 2.05) is 13.8 Å². The number of aryl methyl sites for hydroxylation is 1. The van der Waals surface area contributed by atoms with Crippen LogP contribution in [0.5, 0.6) is 0 Å². The van der Waals surface area contributed by atoms with Gasteiger partial charge in [0.15, 0.2) is 0 Å². The second kappa shape index (κ2) is 4.21. The van der Waals surface area contributed by atoms with E-state index >= 15 is 0 Å². The van der Waals surface area contributed by atoms with Gasteiger partial charge < -0.3 is 5.73 Å². The Balaban J connectivity index is 2.42. The number of nitrogens with two attached hydrogens (primary N) is 1. The second-order valence-corrected chi connectivity index (χ2v) is 4.33. The van der Waals surface area contributed by atoms with Gasteiger partial charge in [-0.05, 0) is 29.8 Å². The Morgan fingerprint density at radius 3 is 2.69 bits per heavy atom. The van der Waals surface area contributed by atoms with Crippen LogP contribution in [-0.4, -0.2) is 19.7 Å². The van der Waals surface area contributed by atoms with Crippen LogP contribution in [-0.2, 0) is 0 Å². The number of aromatic nitrogens is 4. The fraction of sp³-hybridized carbons (Fsp3) is 0.300. The summed E-state index contributed by atoms with van der Waals surface area (Å²) in [6, 6.07) is -0.0290. The van der Waals surface area contributed by atoms with Gasteiger partial charge >= 0.3 is 0 Å². The van der Waals surface area contributed by atoms with Crippen LogP contribution < -0.4 is 5.73 Å². The fourth-order valence-corrected chi connectivity index (χ4v) is 1.75. The molecule has 0 radical (unpaired) electrons. The molecule has 0 aliphatic heterocycles. The zero-order chi connectivity index (χ0) is 11.7. The van der Waals surface area contributed by atoms with Gasteiger partial charge in [-0.1, -0.05) is 0 Å². The highest BCUT2D eigenvalue weighted by Crippen LogP contribution is 2.27. The first-order chi connectivity index (χ1) is 7.61. The van der Waals surface area contributed by atoms with Gasteiger partial charge in [-0.3, -0.25) is 9.97 Å². The van der Waals surface area contributed by atoms with E-state index in [1.54, 1.807) is 23.3 Å². The second-order valence-electron chi connectivity index (χ2n) is 3.54. The van der Waals surface area contributed by atoms with Gasteiger partial charge in [0.1, 0.15) is 5.82 Å². The molecule has 16 heavy (non-hydrogen) atoms. The third-order valence-corrected chi connectivity index (χ3v) is 3.41. The quantitative estimate of drug-likeness (QED) is 0.913. The molecule has 0 saturated carbocycles. The molecule has 0 bridgehead atoms. The SMILES string of the molecule is Cc1nn(C(C)c2cnccn2)c(N)c1Br. The van der Waals surface area contributed by atoms with Crippen LogP contribution in [0.2, 0.25) is 0 Å². The number of hydrogen-bond acceptors (Lipinski definition) is 4. The van der Waals surface area contributed by atoms with Gasteiger partial charge in [0.05, 0.1) is 28.1 Å². The molecule has 0 aliphatic carbocycles. The molecule has 0 amide bonds. The molecule has 5 nitrogen and oxygen atoms in total. The lowest BCUT2D eigenvalue weighted by molar-refractivity contribution is 0.553. The summed E-state index contributed by atoms with van der Waals surface area (Å²) in [5.41, 5.74) is 7.65. The molecule has 2 rings (SSSR count). The molecule has 0 saturated heterocycles. The largest absolute Gasteiger partial charge is 0.383 e. The average molecular weight is 282 g/mol. The Morgan fingerprint density at radius 2 is 2.19 bits per heavy atom. The Kier molecular flexibility index (Phi) is 2.91. The average Bonchev–Trinajstić information content (AvgIpc) is 2.57. The first-order valence-electron chi connectivity index (χ1n) is 4.87. The monoisotopic (exact) mass is 281 g/mol. The molecular formula is C10H12BrN5. The van der Waals surface area contributed by atoms with E-state index in [4.69, 9.17) is 5.73 Å². The number of anilines is 1. The van der Waals surface area contributed by atoms with Crippen molar-refractivity contribution in [3.05, 3.63) is 34.5 Å². The van der Waals surface area contributed by atoms with Crippen molar-refractivity contribution in [1.29, 1.82) is 0 Å². The lowest BCUT2D eigenvalue weighted by Gasteiger charge is -2.12. The zero-order valence-electron chi connectivity index (χ0n) is 9.05. The number of nitrogen functional groups attached to an aromatic ring is 1. The van der Waals surface area contributed by atoms with Gasteiger partial charge in [0.2, 0.25) is 0 Å². The normalized spacial score (nSPS) is 12.7. The molecule has 1 unspecified atom stereocenters. The summed E-state index contributed by atoms with van der Waals surface area (Å²) in [5.74, 6) is 0.607. The van der Waals surface area contributed by atoms with Crippen molar-refractivity contribution in [3.63, 3.8) is 0 Å². The molecule has 84 valence electrons. The maximum atomic E-state index is 5.95. The van der Waals surface area contributed by atoms with Crippen LogP contribution in [0.3, 0.4) is 0 Å². The van der Waals surface area contributed by atoms with E-state index in [1.165, 1.54) is 0 Å². The lowest BCUT2D eigenvalue weighted by Crippen LogP contribution is -2.13. The summed E-state index contributed by atoms with van der Waals surface area (Å²) in [6.07, 6.45) is 5.02. The predicted octanol–water partition coefficient (Wildman–Crippen LogP) is 1.94. The van der Waals surface area contributed by atoms with E-state index in [2.05, 4.69) is 31.0 Å². The van der Waals surface area contributed by atoms with Gasteiger partial charge in [0, 0.05) is 12.4 Å². The van der Waals surface area contributed by atoms with E-state index in [9.17, 15) is 0 Å². The summed E-state index contributed by atoms with van der Waals surface area (Å²) in [4.78, 5) is 8.27. The van der Waals surface area contributed by atoms with E-state index in [0.717, 1.165) is 15.9 Å². The van der Waals surface area contributed by atoms with Gasteiger partial charge in [-0.15, -0.1) is 0 Å². The molecular weight excluding hydrogens is 270 g/mol. The number of nitrogens with zero attached hydrogens (tertiary/aromatic N) is 4. The standard InChI is InChI=1S/C10H12BrN5/c1-6-9(11)10(12)16(15-6)7(2)8-5-13-3-4-14-8/h3-5,7H,12H2,1-2H3. The summed E-state index contributed by atoms with van der Waals surface area (Å²) in [6.45, 7) is 3.89. The summed E-state index contributed by atoms with van der Waals surface area (Å²) in [5, 5.41) is 4.36. The molecule has 1 atom stereocenters. The molecule has 0 fully saturated rings. The Labute approximate surface area is 102 Å². The van der Waals surface area contributed by atoms with Crippen molar-refractivity contribution in [2.45, 2.75) is 19.9 Å². The van der Waals surface area contributed by atoms with E-state index in [-0.39, 0.29) is 6.04 Å². The molecule has 0 spiro atoms. The Bertz CT molecular complexity index is 493. The summed E-state index contributed by atoms with van der Waals surface area (Å²) in [7, 11) is 0. The minimum atomic E-state index is -0.0290. The van der Waals surface area contributed by atoms with Crippen molar-refractivity contribution in [3.8, 4) is 0 Å². The third kappa shape index (κ3) is 1.80. The fourth-order valence-electron chi connectivity index (χ4n) is 1.49. The summed E-state index contributed by atoms with van der Waals surface area (Å²) >= 11 is 3.40. The molecule has 2 aromatic rings. The highest BCUT2D eigenvalue weighted by Gasteiger charge is 2.17. The number of halogens is 1. The van der Waals surface area contributed by atoms with Crippen molar-refractivity contribution in [2.75, 3.05) is 5.73 Å². The van der Waals surface area contributed by atoms with E-state index < -0.39 is 0 Å². The highest BCUT2D eigenvalue weighted by atomic mass is 79.9. The van der Waals surface area contributed by atoms with Crippen molar-refractivity contribution < 1.29 is 0 Å². The van der Waals surface area contributed by atoms with Gasteiger partial charge in [0.25, 0.3) is 0 Å². The van der Waals surface area contributed by atoms with Crippen molar-refractivity contribution >= 4 is 21.7 Å². The molecule has 2 heterocycles. The third-order valence-electron chi connectivity index (χ3n) is 2.43. The lowest BCUT2D eigenvalue weighted by atomic mass is 10.2. The number of hydrogen-bond donors (Lipinski definition) is 1. The zero-order valence-corrected chi connectivity index (χ0v) is 10.6. The molecule has 6 heteroatoms. The van der Waals surface area contributed by atoms with Gasteiger partial charge in [-0.25, -0.2) is 4.68 Å². The van der Waals surface area contributed by atoms with Crippen LogP contribution >= 0.6 is 15.9 Å². The molecule has 2 N–H and O–H groups in total. The smallest absolute Gasteiger partial charge is 0.137 e. The minimum absolute atomic E-state index is 0.0290. The highest BCUT2D eigenvalue weighted by molar-refractivity contribution is 9.10. The maximum Gasteiger partial charge on any atom is 0.137 e. The summed E-state index contributed by atoms with van der Waals surface area (Å²) < 4.78 is 2.58. The molecule has 0 aromatic carbocycles. The molecule has 2 aromatic heterocycles. The van der Waals surface area contributed by atoms with Crippen LogP contribution in [0.4, 0.5) is 5.82 Å². The van der Waals surface area contributed by atoms with Crippen LogP contribution in [0.15, 0.2) is 23.1 Å².